The second-order valence-corrected chi connectivity index (χ2v) is 7.44. The fraction of sp³-hybridized carbons (Fsp3) is 0.474. The Morgan fingerprint density at radius 1 is 1.20 bits per heavy atom. The molecule has 0 N–H and O–H groups in total. The lowest BCUT2D eigenvalue weighted by Gasteiger charge is -2.31. The fourth-order valence-corrected chi connectivity index (χ4v) is 3.73. The van der Waals surface area contributed by atoms with Crippen molar-refractivity contribution in [3.63, 3.8) is 0 Å². The summed E-state index contributed by atoms with van der Waals surface area (Å²) in [4.78, 5) is 49.7. The molecule has 0 radical (unpaired) electrons. The molecule has 0 atom stereocenters. The average Bonchev–Trinajstić information content (AvgIpc) is 2.81. The van der Waals surface area contributed by atoms with Gasteiger partial charge >= 0.3 is 5.76 Å². The van der Waals surface area contributed by atoms with Gasteiger partial charge in [0.1, 0.15) is 5.92 Å². The molecule has 1 aromatic heterocycles. The van der Waals surface area contributed by atoms with Gasteiger partial charge in [-0.05, 0) is 37.0 Å². The number of nitrogens with zero attached hydrogens (tertiary/aromatic N) is 1. The summed E-state index contributed by atoms with van der Waals surface area (Å²) in [5.41, 5.74) is 1.37. The summed E-state index contributed by atoms with van der Waals surface area (Å²) in [6.45, 7) is 7.62. The number of ketones is 3. The molecule has 25 heavy (non-hydrogen) atoms. The van der Waals surface area contributed by atoms with Crippen molar-refractivity contribution >= 4 is 28.4 Å². The van der Waals surface area contributed by atoms with Gasteiger partial charge in [-0.1, -0.05) is 13.8 Å². The van der Waals surface area contributed by atoms with Gasteiger partial charge in [-0.2, -0.15) is 0 Å². The van der Waals surface area contributed by atoms with Gasteiger partial charge in [-0.25, -0.2) is 4.79 Å². The van der Waals surface area contributed by atoms with Crippen LogP contribution >= 0.6 is 0 Å². The molecule has 0 amide bonds. The molecule has 6 nitrogen and oxygen atoms in total. The van der Waals surface area contributed by atoms with E-state index in [9.17, 15) is 19.2 Å². The van der Waals surface area contributed by atoms with Crippen LogP contribution < -0.4 is 5.76 Å². The highest BCUT2D eigenvalue weighted by Crippen LogP contribution is 2.35. The molecule has 6 heteroatoms. The molecule has 1 aliphatic rings. The Hall–Kier alpha value is -2.50. The highest BCUT2D eigenvalue weighted by molar-refractivity contribution is 6.26. The van der Waals surface area contributed by atoms with Crippen LogP contribution in [-0.4, -0.2) is 21.9 Å². The molecule has 132 valence electrons. The van der Waals surface area contributed by atoms with E-state index in [1.807, 2.05) is 13.8 Å². The SMILES string of the molecule is CCn1c(=O)oc2ccc(C(=O)C3C(=O)CC(C)(C)CC3=O)c(C)c21. The number of oxazole rings is 1. The van der Waals surface area contributed by atoms with Crippen LogP contribution in [0.4, 0.5) is 0 Å². The number of hydrogen-bond donors (Lipinski definition) is 0. The Labute approximate surface area is 144 Å². The van der Waals surface area contributed by atoms with Crippen molar-refractivity contribution in [1.82, 2.24) is 4.57 Å². The van der Waals surface area contributed by atoms with Gasteiger partial charge in [-0.15, -0.1) is 0 Å². The van der Waals surface area contributed by atoms with Crippen LogP contribution in [0, 0.1) is 18.3 Å². The van der Waals surface area contributed by atoms with Crippen LogP contribution in [-0.2, 0) is 16.1 Å². The quantitative estimate of drug-likeness (QED) is 0.632. The topological polar surface area (TPSA) is 86.3 Å². The van der Waals surface area contributed by atoms with Gasteiger partial charge in [0.25, 0.3) is 0 Å². The molecular formula is C19H21NO5. The lowest BCUT2D eigenvalue weighted by atomic mass is 9.69. The van der Waals surface area contributed by atoms with E-state index in [0.29, 0.717) is 28.8 Å². The summed E-state index contributed by atoms with van der Waals surface area (Å²) in [6.07, 6.45) is 0.420. The number of benzene rings is 1. The Morgan fingerprint density at radius 2 is 1.80 bits per heavy atom. The number of aryl methyl sites for hydroxylation is 2. The van der Waals surface area contributed by atoms with Crippen LogP contribution in [0.25, 0.3) is 11.1 Å². The monoisotopic (exact) mass is 343 g/mol. The van der Waals surface area contributed by atoms with E-state index in [1.54, 1.807) is 19.9 Å². The molecule has 0 unspecified atom stereocenters. The van der Waals surface area contributed by atoms with Crippen molar-refractivity contribution in [1.29, 1.82) is 0 Å². The number of Topliss-reactive ketones (excluding diaryl/α,β-unsaturated/α-hetero) is 3. The predicted octanol–water partition coefficient (Wildman–Crippen LogP) is 2.68. The fourth-order valence-electron chi connectivity index (χ4n) is 3.73. The number of rotatable bonds is 3. The average molecular weight is 343 g/mol. The molecule has 1 fully saturated rings. The predicted molar refractivity (Wildman–Crippen MR) is 91.7 cm³/mol. The molecule has 1 aliphatic carbocycles. The number of fused-ring (bicyclic) bond motifs is 1. The Balaban J connectivity index is 2.09. The maximum Gasteiger partial charge on any atom is 0.419 e. The number of carbonyl (C=O) groups excluding carboxylic acids is 3. The van der Waals surface area contributed by atoms with Crippen molar-refractivity contribution in [2.45, 2.75) is 47.1 Å². The van der Waals surface area contributed by atoms with Gasteiger partial charge in [-0.3, -0.25) is 19.0 Å². The van der Waals surface area contributed by atoms with Gasteiger partial charge in [0.2, 0.25) is 0 Å². The number of carbonyl (C=O) groups is 3. The zero-order chi connectivity index (χ0) is 18.5. The Bertz CT molecular complexity index is 940. The summed E-state index contributed by atoms with van der Waals surface area (Å²) in [5.74, 6) is -2.87. The first kappa shape index (κ1) is 17.3. The zero-order valence-electron chi connectivity index (χ0n) is 14.8. The van der Waals surface area contributed by atoms with Crippen molar-refractivity contribution in [3.8, 4) is 0 Å². The van der Waals surface area contributed by atoms with E-state index in [2.05, 4.69) is 0 Å². The minimum atomic E-state index is -1.24. The minimum absolute atomic E-state index is 0.210. The van der Waals surface area contributed by atoms with Crippen LogP contribution in [0.3, 0.4) is 0 Å². The van der Waals surface area contributed by atoms with E-state index >= 15 is 0 Å². The normalized spacial score (nSPS) is 18.1. The van der Waals surface area contributed by atoms with Gasteiger partial charge in [0.15, 0.2) is 22.9 Å². The summed E-state index contributed by atoms with van der Waals surface area (Å²) in [7, 11) is 0. The second-order valence-electron chi connectivity index (χ2n) is 7.44. The lowest BCUT2D eigenvalue weighted by Crippen LogP contribution is -2.42. The Morgan fingerprint density at radius 3 is 2.36 bits per heavy atom. The standard InChI is InChI=1S/C19H21NO5/c1-5-20-16-10(2)11(6-7-14(16)25-18(20)24)17(23)15-12(21)8-19(3,4)9-13(15)22/h6-7,15H,5,8-9H2,1-4H3. The third-order valence-electron chi connectivity index (χ3n) is 4.87. The van der Waals surface area contributed by atoms with E-state index in [1.165, 1.54) is 10.6 Å². The molecule has 0 aliphatic heterocycles. The summed E-state index contributed by atoms with van der Waals surface area (Å²) in [5, 5.41) is 0. The largest absolute Gasteiger partial charge is 0.419 e. The third kappa shape index (κ3) is 2.75. The van der Waals surface area contributed by atoms with Gasteiger partial charge in [0, 0.05) is 24.9 Å². The molecular weight excluding hydrogens is 322 g/mol. The first-order valence-corrected chi connectivity index (χ1v) is 8.39. The summed E-state index contributed by atoms with van der Waals surface area (Å²) < 4.78 is 6.62. The van der Waals surface area contributed by atoms with Crippen LogP contribution in [0.2, 0.25) is 0 Å². The van der Waals surface area contributed by atoms with E-state index in [0.717, 1.165) is 0 Å². The van der Waals surface area contributed by atoms with Crippen molar-refractivity contribution in [2.75, 3.05) is 0 Å². The summed E-state index contributed by atoms with van der Waals surface area (Å²) >= 11 is 0. The molecule has 2 aromatic rings. The molecule has 1 heterocycles. The third-order valence-corrected chi connectivity index (χ3v) is 4.87. The first-order chi connectivity index (χ1) is 11.7. The lowest BCUT2D eigenvalue weighted by molar-refractivity contribution is -0.137. The van der Waals surface area contributed by atoms with Gasteiger partial charge in [0.05, 0.1) is 5.52 Å². The molecule has 0 saturated heterocycles. The van der Waals surface area contributed by atoms with E-state index in [4.69, 9.17) is 4.42 Å². The highest BCUT2D eigenvalue weighted by atomic mass is 16.4. The zero-order valence-corrected chi connectivity index (χ0v) is 14.8. The van der Waals surface area contributed by atoms with Crippen LogP contribution in [0.5, 0.6) is 0 Å². The van der Waals surface area contributed by atoms with E-state index in [-0.39, 0.29) is 24.4 Å². The number of aromatic nitrogens is 1. The highest BCUT2D eigenvalue weighted by Gasteiger charge is 2.44. The second kappa shape index (κ2) is 5.79. The van der Waals surface area contributed by atoms with Crippen LogP contribution in [0.15, 0.2) is 21.3 Å². The molecule has 0 spiro atoms. The maximum absolute atomic E-state index is 12.9. The number of hydrogen-bond acceptors (Lipinski definition) is 5. The van der Waals surface area contributed by atoms with E-state index < -0.39 is 22.9 Å². The molecule has 1 saturated carbocycles. The van der Waals surface area contributed by atoms with Gasteiger partial charge < -0.3 is 4.42 Å². The first-order valence-electron chi connectivity index (χ1n) is 8.39. The van der Waals surface area contributed by atoms with Crippen molar-refractivity contribution < 1.29 is 18.8 Å². The molecule has 3 rings (SSSR count). The van der Waals surface area contributed by atoms with Crippen molar-refractivity contribution in [3.05, 3.63) is 33.8 Å². The molecule has 1 aromatic carbocycles. The minimum Gasteiger partial charge on any atom is -0.408 e. The van der Waals surface area contributed by atoms with Crippen molar-refractivity contribution in [2.24, 2.45) is 11.3 Å². The van der Waals surface area contributed by atoms with Crippen LogP contribution in [0.1, 0.15) is 49.5 Å². The maximum atomic E-state index is 12.9. The molecule has 0 bridgehead atoms. The smallest absolute Gasteiger partial charge is 0.408 e. The summed E-state index contributed by atoms with van der Waals surface area (Å²) in [6, 6.07) is 3.08. The Kier molecular flexibility index (Phi) is 4.01.